The minimum absolute atomic E-state index is 0.263. The molecule has 0 bridgehead atoms. The van der Waals surface area contributed by atoms with E-state index in [2.05, 4.69) is 20.3 Å². The second-order valence-electron chi connectivity index (χ2n) is 7.88. The molecule has 1 rings (SSSR count). The van der Waals surface area contributed by atoms with Crippen molar-refractivity contribution >= 4 is 18.0 Å². The number of esters is 1. The van der Waals surface area contributed by atoms with E-state index in [0.29, 0.717) is 0 Å². The monoisotopic (exact) mass is 503 g/mol. The van der Waals surface area contributed by atoms with Crippen LogP contribution in [0, 0.1) is 15.0 Å². The minimum atomic E-state index is -1.62. The zero-order valence-electron chi connectivity index (χ0n) is 19.2. The Morgan fingerprint density at radius 1 is 1.20 bits per heavy atom. The number of amides is 1. The fraction of sp³-hybridized carbons (Fsp3) is 0.526. The van der Waals surface area contributed by atoms with E-state index in [-0.39, 0.29) is 11.3 Å². The smallest absolute Gasteiger partial charge is 0.408 e. The zero-order valence-corrected chi connectivity index (χ0v) is 19.2. The van der Waals surface area contributed by atoms with Gasteiger partial charge in [0.05, 0.1) is 11.7 Å². The van der Waals surface area contributed by atoms with Crippen molar-refractivity contribution in [3.8, 4) is 11.5 Å². The van der Waals surface area contributed by atoms with Crippen molar-refractivity contribution in [1.29, 1.82) is 0 Å². The van der Waals surface area contributed by atoms with Crippen LogP contribution in [0.2, 0.25) is 0 Å². The summed E-state index contributed by atoms with van der Waals surface area (Å²) in [5.41, 5.74) is -1.22. The number of ether oxygens (including phenoxy) is 3. The molecule has 35 heavy (non-hydrogen) atoms. The second-order valence-corrected chi connectivity index (χ2v) is 7.88. The summed E-state index contributed by atoms with van der Waals surface area (Å²) in [6.07, 6.45) is -3.91. The number of carbonyl (C=O) groups excluding carboxylic acids is 2. The lowest BCUT2D eigenvalue weighted by molar-refractivity contribution is -0.769. The van der Waals surface area contributed by atoms with E-state index in [4.69, 9.17) is 14.2 Å². The molecule has 0 saturated carbocycles. The molecule has 1 aromatic rings. The van der Waals surface area contributed by atoms with Gasteiger partial charge in [-0.15, -0.1) is 15.0 Å². The van der Waals surface area contributed by atoms with Crippen molar-refractivity contribution in [3.05, 3.63) is 38.8 Å². The Labute approximate surface area is 198 Å². The number of rotatable bonds is 13. The predicted octanol–water partition coefficient (Wildman–Crippen LogP) is 1.22. The first-order valence-corrected chi connectivity index (χ1v) is 9.88. The number of carboxylic acids is 1. The number of aliphatic hydroxyl groups excluding tert-OH is 1. The summed E-state index contributed by atoms with van der Waals surface area (Å²) >= 11 is 0. The number of benzene rings is 1. The maximum atomic E-state index is 12.7. The first kappa shape index (κ1) is 28.8. The summed E-state index contributed by atoms with van der Waals surface area (Å²) in [4.78, 5) is 65.2. The van der Waals surface area contributed by atoms with Gasteiger partial charge in [-0.3, -0.25) is 0 Å². The van der Waals surface area contributed by atoms with E-state index in [1.807, 2.05) is 0 Å². The van der Waals surface area contributed by atoms with Gasteiger partial charge in [0.25, 0.3) is 5.09 Å². The number of carbonyl (C=O) groups is 3. The molecule has 1 amide bonds. The molecule has 0 fully saturated rings. The SMILES string of the molecule is CC(O)C(NC(=O)OC(C)(C)C)C(=O)Oc1cc(C(=O)O)ccc1OCC(CON=O)O[N+](=O)[O-]. The van der Waals surface area contributed by atoms with Crippen LogP contribution in [-0.2, 0) is 19.2 Å². The highest BCUT2D eigenvalue weighted by molar-refractivity contribution is 5.89. The Morgan fingerprint density at radius 3 is 2.37 bits per heavy atom. The fourth-order valence-electron chi connectivity index (χ4n) is 2.35. The van der Waals surface area contributed by atoms with Gasteiger partial charge in [-0.2, -0.15) is 0 Å². The second kappa shape index (κ2) is 12.9. The van der Waals surface area contributed by atoms with Gasteiger partial charge in [0, 0.05) is 0 Å². The zero-order chi connectivity index (χ0) is 26.8. The number of alkyl carbamates (subject to hydrolysis) is 1. The predicted molar refractivity (Wildman–Crippen MR) is 113 cm³/mol. The molecule has 0 heterocycles. The third kappa shape index (κ3) is 10.5. The Hall–Kier alpha value is -4.21. The fourth-order valence-corrected chi connectivity index (χ4v) is 2.35. The van der Waals surface area contributed by atoms with Gasteiger partial charge in [-0.1, -0.05) is 0 Å². The quantitative estimate of drug-likeness (QED) is 0.113. The number of nitrogens with zero attached hydrogens (tertiary/aromatic N) is 2. The molecule has 0 spiro atoms. The molecular weight excluding hydrogens is 478 g/mol. The third-order valence-electron chi connectivity index (χ3n) is 3.78. The van der Waals surface area contributed by atoms with Crippen molar-refractivity contribution < 1.29 is 53.6 Å². The summed E-state index contributed by atoms with van der Waals surface area (Å²) in [7, 11) is 0. The van der Waals surface area contributed by atoms with Crippen LogP contribution in [0.5, 0.6) is 11.5 Å². The Balaban J connectivity index is 3.12. The molecule has 0 radical (unpaired) electrons. The molecule has 0 aliphatic rings. The number of hydrogen-bond donors (Lipinski definition) is 3. The van der Waals surface area contributed by atoms with E-state index >= 15 is 0 Å². The first-order chi connectivity index (χ1) is 16.2. The third-order valence-corrected chi connectivity index (χ3v) is 3.78. The van der Waals surface area contributed by atoms with Crippen LogP contribution in [0.4, 0.5) is 4.79 Å². The Morgan fingerprint density at radius 2 is 1.86 bits per heavy atom. The number of aromatic carboxylic acids is 1. The normalized spacial score (nSPS) is 13.4. The molecule has 0 aromatic heterocycles. The van der Waals surface area contributed by atoms with Gasteiger partial charge < -0.3 is 39.4 Å². The molecule has 194 valence electrons. The van der Waals surface area contributed by atoms with Crippen molar-refractivity contribution in [2.75, 3.05) is 13.2 Å². The van der Waals surface area contributed by atoms with Crippen molar-refractivity contribution in [2.24, 2.45) is 5.34 Å². The molecule has 1 aromatic carbocycles. The van der Waals surface area contributed by atoms with Gasteiger partial charge in [0.1, 0.15) is 18.8 Å². The number of carboxylic acid groups (broad SMARTS) is 1. The summed E-state index contributed by atoms with van der Waals surface area (Å²) in [5, 5.41) is 32.8. The van der Waals surface area contributed by atoms with Crippen molar-refractivity contribution in [2.45, 2.75) is 51.5 Å². The van der Waals surface area contributed by atoms with Gasteiger partial charge in [0.2, 0.25) is 0 Å². The topological polar surface area (TPSA) is 222 Å². The van der Waals surface area contributed by atoms with Crippen molar-refractivity contribution in [3.63, 3.8) is 0 Å². The number of aliphatic hydroxyl groups is 1. The molecular formula is C19H25N3O13. The molecule has 16 heteroatoms. The lowest BCUT2D eigenvalue weighted by Crippen LogP contribution is -2.50. The van der Waals surface area contributed by atoms with E-state index in [1.54, 1.807) is 20.8 Å². The summed E-state index contributed by atoms with van der Waals surface area (Å²) < 4.78 is 15.5. The standard InChI is InChI=1S/C19H25N3O13/c1-10(23)15(20-18(27)34-19(2,3)4)17(26)33-14-7-11(16(24)25)5-6-13(14)31-8-12(9-32-21-28)35-22(29)30/h5-7,10,12,15,23H,8-9H2,1-4H3,(H,20,27)(H,24,25). The Bertz CT molecular complexity index is 929. The molecule has 3 N–H and O–H groups in total. The summed E-state index contributed by atoms with van der Waals surface area (Å²) in [5.74, 6) is -3.31. The summed E-state index contributed by atoms with van der Waals surface area (Å²) in [6.45, 7) is 4.66. The van der Waals surface area contributed by atoms with Gasteiger partial charge in [-0.05, 0) is 45.9 Å². The van der Waals surface area contributed by atoms with Crippen LogP contribution in [0.15, 0.2) is 23.5 Å². The van der Waals surface area contributed by atoms with Gasteiger partial charge in [-0.25, -0.2) is 14.4 Å². The molecule has 16 nitrogen and oxygen atoms in total. The van der Waals surface area contributed by atoms with Gasteiger partial charge in [0.15, 0.2) is 29.0 Å². The highest BCUT2D eigenvalue weighted by Crippen LogP contribution is 2.29. The molecule has 3 unspecified atom stereocenters. The average molecular weight is 503 g/mol. The van der Waals surface area contributed by atoms with E-state index in [9.17, 15) is 39.6 Å². The molecule has 3 atom stereocenters. The summed E-state index contributed by atoms with van der Waals surface area (Å²) in [6, 6.07) is 1.47. The van der Waals surface area contributed by atoms with Crippen molar-refractivity contribution in [1.82, 2.24) is 5.32 Å². The van der Waals surface area contributed by atoms with Crippen LogP contribution in [0.3, 0.4) is 0 Å². The highest BCUT2D eigenvalue weighted by atomic mass is 17.0. The van der Waals surface area contributed by atoms with Crippen LogP contribution in [0.25, 0.3) is 0 Å². The lowest BCUT2D eigenvalue weighted by Gasteiger charge is -2.24. The maximum absolute atomic E-state index is 12.7. The van der Waals surface area contributed by atoms with Crippen LogP contribution in [0.1, 0.15) is 38.1 Å². The van der Waals surface area contributed by atoms with E-state index in [0.717, 1.165) is 18.2 Å². The maximum Gasteiger partial charge on any atom is 0.408 e. The van der Waals surface area contributed by atoms with Gasteiger partial charge >= 0.3 is 18.0 Å². The highest BCUT2D eigenvalue weighted by Gasteiger charge is 2.31. The average Bonchev–Trinajstić information content (AvgIpc) is 2.72. The molecule has 0 aliphatic carbocycles. The lowest BCUT2D eigenvalue weighted by atomic mass is 10.1. The Kier molecular flexibility index (Phi) is 10.6. The largest absolute Gasteiger partial charge is 0.487 e. The number of hydrogen-bond acceptors (Lipinski definition) is 13. The molecule has 0 aliphatic heterocycles. The van der Waals surface area contributed by atoms with Crippen LogP contribution in [-0.4, -0.2) is 70.4 Å². The van der Waals surface area contributed by atoms with Crippen LogP contribution >= 0.6 is 0 Å². The van der Waals surface area contributed by atoms with E-state index < -0.39 is 65.9 Å². The van der Waals surface area contributed by atoms with Crippen LogP contribution < -0.4 is 14.8 Å². The van der Waals surface area contributed by atoms with E-state index in [1.165, 1.54) is 6.92 Å². The molecule has 0 saturated heterocycles. The first-order valence-electron chi connectivity index (χ1n) is 9.88. The number of nitrogens with one attached hydrogen (secondary N) is 1. The minimum Gasteiger partial charge on any atom is -0.487 e.